The number of nitrogens with one attached hydrogen (secondary N) is 1. The number of rotatable bonds is 6. The first kappa shape index (κ1) is 16.4. The highest BCUT2D eigenvalue weighted by atomic mass is 32.2. The summed E-state index contributed by atoms with van der Waals surface area (Å²) in [4.78, 5) is 0.0858. The van der Waals surface area contributed by atoms with E-state index in [1.165, 1.54) is 12.1 Å². The molecule has 0 atom stereocenters. The lowest BCUT2D eigenvalue weighted by Gasteiger charge is -2.12. The lowest BCUT2D eigenvalue weighted by atomic mass is 10.1. The van der Waals surface area contributed by atoms with Gasteiger partial charge in [0, 0.05) is 13.0 Å². The molecule has 0 bridgehead atoms. The summed E-state index contributed by atoms with van der Waals surface area (Å²) in [6.45, 7) is 3.23. The summed E-state index contributed by atoms with van der Waals surface area (Å²) in [5.74, 6) is -0.427. The quantitative estimate of drug-likeness (QED) is 0.242. The molecule has 0 aliphatic rings. The van der Waals surface area contributed by atoms with Crippen LogP contribution in [0.4, 0.5) is 4.39 Å². The van der Waals surface area contributed by atoms with E-state index < -0.39 is 15.8 Å². The van der Waals surface area contributed by atoms with E-state index in [2.05, 4.69) is 9.88 Å². The van der Waals surface area contributed by atoms with E-state index in [1.807, 2.05) is 0 Å². The van der Waals surface area contributed by atoms with Gasteiger partial charge in [-0.25, -0.2) is 17.5 Å². The number of amidine groups is 1. The Morgan fingerprint density at radius 1 is 1.40 bits per heavy atom. The minimum atomic E-state index is -3.70. The number of halogens is 1. The van der Waals surface area contributed by atoms with Crippen molar-refractivity contribution >= 4 is 15.9 Å². The second-order valence-corrected chi connectivity index (χ2v) is 6.17. The summed E-state index contributed by atoms with van der Waals surface area (Å²) < 4.78 is 39.9. The van der Waals surface area contributed by atoms with E-state index in [0.29, 0.717) is 17.5 Å². The van der Waals surface area contributed by atoms with Crippen LogP contribution < -0.4 is 10.5 Å². The predicted molar refractivity (Wildman–Crippen MR) is 73.7 cm³/mol. The Hall–Kier alpha value is -1.67. The minimum Gasteiger partial charge on any atom is -0.409 e. The molecule has 20 heavy (non-hydrogen) atoms. The maximum absolute atomic E-state index is 13.2. The maximum Gasteiger partial charge on any atom is 0.241 e. The van der Waals surface area contributed by atoms with Gasteiger partial charge in [-0.15, -0.1) is 0 Å². The largest absolute Gasteiger partial charge is 0.409 e. The summed E-state index contributed by atoms with van der Waals surface area (Å²) in [5.41, 5.74) is 5.99. The Labute approximate surface area is 117 Å². The molecule has 0 spiro atoms. The van der Waals surface area contributed by atoms with Crippen molar-refractivity contribution in [3.63, 3.8) is 0 Å². The molecule has 0 aliphatic heterocycles. The number of hydrogen-bond donors (Lipinski definition) is 3. The van der Waals surface area contributed by atoms with Crippen molar-refractivity contribution in [2.24, 2.45) is 10.9 Å². The van der Waals surface area contributed by atoms with E-state index in [0.717, 1.165) is 0 Å². The van der Waals surface area contributed by atoms with E-state index in [4.69, 9.17) is 10.9 Å². The van der Waals surface area contributed by atoms with Crippen LogP contribution in [-0.2, 0) is 10.0 Å². The predicted octanol–water partition coefficient (Wildman–Crippen LogP) is 1.25. The highest BCUT2D eigenvalue weighted by molar-refractivity contribution is 7.89. The van der Waals surface area contributed by atoms with Crippen LogP contribution in [0.25, 0.3) is 0 Å². The molecule has 8 heteroatoms. The smallest absolute Gasteiger partial charge is 0.241 e. The molecule has 1 rings (SSSR count). The molecule has 0 heterocycles. The SMILES string of the molecule is Cc1cc(F)cc(C)c1S(=O)(=O)NCCC/C(N)=N/O. The Morgan fingerprint density at radius 3 is 2.45 bits per heavy atom. The van der Waals surface area contributed by atoms with Crippen LogP contribution in [0.3, 0.4) is 0 Å². The molecular weight excluding hydrogens is 285 g/mol. The number of oxime groups is 1. The first-order chi connectivity index (χ1) is 9.27. The van der Waals surface area contributed by atoms with Gasteiger partial charge >= 0.3 is 0 Å². The molecule has 1 aromatic rings. The third kappa shape index (κ3) is 4.17. The summed E-state index contributed by atoms with van der Waals surface area (Å²) in [6, 6.07) is 2.36. The Bertz CT molecular complexity index is 591. The topological polar surface area (TPSA) is 105 Å². The third-order valence-electron chi connectivity index (χ3n) is 2.72. The fraction of sp³-hybridized carbons (Fsp3) is 0.417. The average molecular weight is 303 g/mol. The van der Waals surface area contributed by atoms with Crippen molar-refractivity contribution in [3.8, 4) is 0 Å². The molecule has 0 aliphatic carbocycles. The monoisotopic (exact) mass is 303 g/mol. The van der Waals surface area contributed by atoms with Gasteiger partial charge in [-0.1, -0.05) is 5.16 Å². The number of benzene rings is 1. The van der Waals surface area contributed by atoms with Crippen molar-refractivity contribution < 1.29 is 18.0 Å². The fourth-order valence-corrected chi connectivity index (χ4v) is 3.44. The van der Waals surface area contributed by atoms with E-state index >= 15 is 0 Å². The van der Waals surface area contributed by atoms with Crippen LogP contribution in [-0.4, -0.2) is 26.0 Å². The van der Waals surface area contributed by atoms with Crippen LogP contribution in [0, 0.1) is 19.7 Å². The van der Waals surface area contributed by atoms with Gasteiger partial charge in [0.25, 0.3) is 0 Å². The molecule has 6 nitrogen and oxygen atoms in total. The zero-order chi connectivity index (χ0) is 15.3. The van der Waals surface area contributed by atoms with Crippen molar-refractivity contribution in [1.29, 1.82) is 0 Å². The normalized spacial score (nSPS) is 12.7. The first-order valence-corrected chi connectivity index (χ1v) is 7.49. The molecule has 0 saturated heterocycles. The first-order valence-electron chi connectivity index (χ1n) is 6.00. The van der Waals surface area contributed by atoms with E-state index in [-0.39, 0.29) is 23.7 Å². The number of nitrogens with two attached hydrogens (primary N) is 1. The minimum absolute atomic E-state index is 0.0401. The van der Waals surface area contributed by atoms with Gasteiger partial charge in [-0.2, -0.15) is 0 Å². The van der Waals surface area contributed by atoms with E-state index in [1.54, 1.807) is 13.8 Å². The summed E-state index contributed by atoms with van der Waals surface area (Å²) in [5, 5.41) is 11.2. The summed E-state index contributed by atoms with van der Waals surface area (Å²) >= 11 is 0. The van der Waals surface area contributed by atoms with Crippen LogP contribution in [0.2, 0.25) is 0 Å². The van der Waals surface area contributed by atoms with E-state index in [9.17, 15) is 12.8 Å². The van der Waals surface area contributed by atoms with Gasteiger partial charge in [0.1, 0.15) is 11.7 Å². The molecule has 112 valence electrons. The zero-order valence-corrected chi connectivity index (χ0v) is 12.2. The number of hydrogen-bond acceptors (Lipinski definition) is 4. The van der Waals surface area contributed by atoms with Gasteiger partial charge in [0.05, 0.1) is 4.90 Å². The molecule has 0 radical (unpaired) electrons. The van der Waals surface area contributed by atoms with Gasteiger partial charge in [-0.05, 0) is 43.5 Å². The highest BCUT2D eigenvalue weighted by Crippen LogP contribution is 2.21. The molecule has 0 amide bonds. The van der Waals surface area contributed by atoms with Gasteiger partial charge in [0.15, 0.2) is 0 Å². The lowest BCUT2D eigenvalue weighted by molar-refractivity contribution is 0.316. The Kier molecular flexibility index (Phi) is 5.46. The lowest BCUT2D eigenvalue weighted by Crippen LogP contribution is -2.27. The van der Waals surface area contributed by atoms with Crippen LogP contribution in [0.1, 0.15) is 24.0 Å². The number of aryl methyl sites for hydroxylation is 2. The molecule has 0 saturated carbocycles. The number of sulfonamides is 1. The molecule has 1 aromatic carbocycles. The second kappa shape index (κ2) is 6.67. The molecule has 0 unspecified atom stereocenters. The van der Waals surface area contributed by atoms with Crippen molar-refractivity contribution in [2.45, 2.75) is 31.6 Å². The molecule has 4 N–H and O–H groups in total. The maximum atomic E-state index is 13.2. The summed E-state index contributed by atoms with van der Waals surface area (Å²) in [7, 11) is -3.70. The molecule has 0 fully saturated rings. The fourth-order valence-electron chi connectivity index (χ4n) is 1.92. The van der Waals surface area contributed by atoms with Gasteiger partial charge in [0.2, 0.25) is 10.0 Å². The highest BCUT2D eigenvalue weighted by Gasteiger charge is 2.19. The van der Waals surface area contributed by atoms with Crippen molar-refractivity contribution in [2.75, 3.05) is 6.54 Å². The van der Waals surface area contributed by atoms with Crippen LogP contribution >= 0.6 is 0 Å². The molecular formula is C12H18FN3O3S. The van der Waals surface area contributed by atoms with Gasteiger partial charge < -0.3 is 10.9 Å². The molecule has 0 aromatic heterocycles. The van der Waals surface area contributed by atoms with Crippen molar-refractivity contribution in [1.82, 2.24) is 4.72 Å². The van der Waals surface area contributed by atoms with Crippen LogP contribution in [0.15, 0.2) is 22.2 Å². The number of nitrogens with zero attached hydrogens (tertiary/aromatic N) is 1. The third-order valence-corrected chi connectivity index (χ3v) is 4.49. The Balaban J connectivity index is 2.80. The standard InChI is InChI=1S/C12H18FN3O3S/c1-8-6-10(13)7-9(2)12(8)20(18,19)15-5-3-4-11(14)16-17/h6-7,15,17H,3-5H2,1-2H3,(H2,14,16). The average Bonchev–Trinajstić information content (AvgIpc) is 2.32. The summed E-state index contributed by atoms with van der Waals surface area (Å²) in [6.07, 6.45) is 0.675. The second-order valence-electron chi connectivity index (χ2n) is 4.46. The van der Waals surface area contributed by atoms with Crippen molar-refractivity contribution in [3.05, 3.63) is 29.1 Å². The van der Waals surface area contributed by atoms with Gasteiger partial charge in [-0.3, -0.25) is 0 Å². The Morgan fingerprint density at radius 2 is 1.95 bits per heavy atom. The zero-order valence-electron chi connectivity index (χ0n) is 11.4. The van der Waals surface area contributed by atoms with Crippen LogP contribution in [0.5, 0.6) is 0 Å².